The zero-order chi connectivity index (χ0) is 31.7. The van der Waals surface area contributed by atoms with Crippen LogP contribution in [0.15, 0.2) is 72.8 Å². The molecule has 45 heavy (non-hydrogen) atoms. The summed E-state index contributed by atoms with van der Waals surface area (Å²) in [6, 6.07) is 13.4. The summed E-state index contributed by atoms with van der Waals surface area (Å²) < 4.78 is 38.6. The number of amides is 4. The molecule has 0 aromatic heterocycles. The summed E-state index contributed by atoms with van der Waals surface area (Å²) in [5.41, 5.74) is 0.991. The van der Waals surface area contributed by atoms with Crippen LogP contribution >= 0.6 is 0 Å². The van der Waals surface area contributed by atoms with Crippen molar-refractivity contribution in [3.63, 3.8) is 0 Å². The first-order valence-electron chi connectivity index (χ1n) is 14.5. The van der Waals surface area contributed by atoms with Gasteiger partial charge < -0.3 is 33.2 Å². The minimum Gasteiger partial charge on any atom is -0.491 e. The van der Waals surface area contributed by atoms with Gasteiger partial charge >= 0.3 is 0 Å². The fourth-order valence-electron chi connectivity index (χ4n) is 4.11. The Morgan fingerprint density at radius 3 is 0.867 bits per heavy atom. The van der Waals surface area contributed by atoms with Gasteiger partial charge in [-0.2, -0.15) is 0 Å². The van der Waals surface area contributed by atoms with Gasteiger partial charge in [0.2, 0.25) is 0 Å². The van der Waals surface area contributed by atoms with E-state index in [4.69, 9.17) is 33.2 Å². The summed E-state index contributed by atoms with van der Waals surface area (Å²) in [7, 11) is 0. The van der Waals surface area contributed by atoms with Crippen LogP contribution in [0.2, 0.25) is 0 Å². The SMILES string of the molecule is O=C1C=CC(=O)N1c1ccc(OCCOCCOCCOCCOCCOCCOc2ccc(N3C(=O)C=CC3=O)cc2)cc1. The average molecular weight is 625 g/mol. The Morgan fingerprint density at radius 1 is 0.356 bits per heavy atom. The third kappa shape index (κ3) is 10.9. The molecule has 2 aromatic rings. The van der Waals surface area contributed by atoms with E-state index >= 15 is 0 Å². The van der Waals surface area contributed by atoms with Crippen LogP contribution in [0.4, 0.5) is 11.4 Å². The topological polar surface area (TPSA) is 139 Å². The molecule has 240 valence electrons. The quantitative estimate of drug-likeness (QED) is 0.141. The van der Waals surface area contributed by atoms with Crippen LogP contribution < -0.4 is 19.3 Å². The lowest BCUT2D eigenvalue weighted by Crippen LogP contribution is -2.29. The molecule has 0 saturated heterocycles. The maximum atomic E-state index is 11.7. The van der Waals surface area contributed by atoms with Crippen LogP contribution in [0.3, 0.4) is 0 Å². The fraction of sp³-hybridized carbons (Fsp3) is 0.375. The van der Waals surface area contributed by atoms with Crippen molar-refractivity contribution >= 4 is 35.0 Å². The lowest BCUT2D eigenvalue weighted by atomic mass is 10.3. The van der Waals surface area contributed by atoms with Crippen LogP contribution in [0.5, 0.6) is 11.5 Å². The van der Waals surface area contributed by atoms with E-state index in [2.05, 4.69) is 0 Å². The van der Waals surface area contributed by atoms with Crippen molar-refractivity contribution in [1.29, 1.82) is 0 Å². The number of nitrogens with zero attached hydrogens (tertiary/aromatic N) is 2. The Morgan fingerprint density at radius 2 is 0.600 bits per heavy atom. The van der Waals surface area contributed by atoms with Crippen LogP contribution in [0.1, 0.15) is 0 Å². The number of imide groups is 2. The van der Waals surface area contributed by atoms with Gasteiger partial charge in [0.1, 0.15) is 24.7 Å². The lowest BCUT2D eigenvalue weighted by Gasteiger charge is -2.14. The molecule has 0 saturated carbocycles. The Bertz CT molecular complexity index is 1190. The average Bonchev–Trinajstić information content (AvgIpc) is 3.57. The predicted octanol–water partition coefficient (Wildman–Crippen LogP) is 2.09. The summed E-state index contributed by atoms with van der Waals surface area (Å²) in [5.74, 6) is -0.214. The summed E-state index contributed by atoms with van der Waals surface area (Å²) in [5, 5.41) is 0. The summed E-state index contributed by atoms with van der Waals surface area (Å²) in [6.45, 7) is 5.00. The first-order valence-corrected chi connectivity index (χ1v) is 14.5. The van der Waals surface area contributed by atoms with Crippen molar-refractivity contribution < 1.29 is 52.3 Å². The number of rotatable bonds is 22. The van der Waals surface area contributed by atoms with E-state index in [-0.39, 0.29) is 23.6 Å². The molecule has 0 fully saturated rings. The smallest absolute Gasteiger partial charge is 0.258 e. The summed E-state index contributed by atoms with van der Waals surface area (Å²) >= 11 is 0. The zero-order valence-corrected chi connectivity index (χ0v) is 24.8. The monoisotopic (exact) mass is 624 g/mol. The molecular weight excluding hydrogens is 588 g/mol. The normalized spacial score (nSPS) is 14.3. The van der Waals surface area contributed by atoms with Gasteiger partial charge in [-0.15, -0.1) is 0 Å². The highest BCUT2D eigenvalue weighted by atomic mass is 16.6. The lowest BCUT2D eigenvalue weighted by molar-refractivity contribution is -0.121. The molecule has 4 amide bonds. The van der Waals surface area contributed by atoms with E-state index in [9.17, 15) is 19.2 Å². The number of carbonyl (C=O) groups is 4. The van der Waals surface area contributed by atoms with Gasteiger partial charge in [0, 0.05) is 24.3 Å². The van der Waals surface area contributed by atoms with Crippen molar-refractivity contribution in [2.45, 2.75) is 0 Å². The molecule has 13 heteroatoms. The Hall–Kier alpha value is -4.40. The molecule has 0 unspecified atom stereocenters. The highest BCUT2D eigenvalue weighted by molar-refractivity contribution is 6.28. The molecule has 0 spiro atoms. The van der Waals surface area contributed by atoms with Gasteiger partial charge in [0.25, 0.3) is 23.6 Å². The predicted molar refractivity (Wildman–Crippen MR) is 161 cm³/mol. The first kappa shape index (κ1) is 33.5. The first-order chi connectivity index (χ1) is 22.0. The molecule has 0 bridgehead atoms. The van der Waals surface area contributed by atoms with Gasteiger partial charge in [0.15, 0.2) is 0 Å². The second-order valence-electron chi connectivity index (χ2n) is 9.44. The van der Waals surface area contributed by atoms with Crippen LogP contribution in [0, 0.1) is 0 Å². The van der Waals surface area contributed by atoms with E-state index in [1.54, 1.807) is 48.5 Å². The van der Waals surface area contributed by atoms with Gasteiger partial charge in [-0.25, -0.2) is 9.80 Å². The second-order valence-corrected chi connectivity index (χ2v) is 9.44. The van der Waals surface area contributed by atoms with Crippen molar-refractivity contribution in [3.05, 3.63) is 72.8 Å². The molecule has 0 N–H and O–H groups in total. The number of carbonyl (C=O) groups excluding carboxylic acids is 4. The van der Waals surface area contributed by atoms with E-state index in [1.807, 2.05) is 0 Å². The number of ether oxygens (including phenoxy) is 7. The number of hydrogen-bond donors (Lipinski definition) is 0. The number of benzene rings is 2. The Kier molecular flexibility index (Phi) is 13.7. The second kappa shape index (κ2) is 18.4. The van der Waals surface area contributed by atoms with Crippen LogP contribution in [-0.4, -0.2) is 103 Å². The summed E-state index contributed by atoms with van der Waals surface area (Å²) in [4.78, 5) is 49.1. The molecule has 0 atom stereocenters. The third-order valence-electron chi connectivity index (χ3n) is 6.29. The van der Waals surface area contributed by atoms with E-state index in [0.29, 0.717) is 102 Å². The van der Waals surface area contributed by atoms with E-state index < -0.39 is 0 Å². The zero-order valence-electron chi connectivity index (χ0n) is 24.8. The van der Waals surface area contributed by atoms with Crippen molar-refractivity contribution in [1.82, 2.24) is 0 Å². The number of anilines is 2. The molecule has 2 heterocycles. The largest absolute Gasteiger partial charge is 0.491 e. The molecule has 4 rings (SSSR count). The van der Waals surface area contributed by atoms with Crippen molar-refractivity contribution in [2.75, 3.05) is 89.1 Å². The summed E-state index contributed by atoms with van der Waals surface area (Å²) in [6.07, 6.45) is 4.97. The molecule has 2 aliphatic rings. The van der Waals surface area contributed by atoms with Crippen LogP contribution in [0.25, 0.3) is 0 Å². The third-order valence-corrected chi connectivity index (χ3v) is 6.29. The van der Waals surface area contributed by atoms with Crippen molar-refractivity contribution in [3.8, 4) is 11.5 Å². The maximum absolute atomic E-state index is 11.7. The fourth-order valence-corrected chi connectivity index (χ4v) is 4.11. The molecule has 2 aromatic carbocycles. The molecule has 0 radical (unpaired) electrons. The maximum Gasteiger partial charge on any atom is 0.258 e. The molecular formula is C32H36N2O11. The Labute approximate surface area is 260 Å². The molecule has 13 nitrogen and oxygen atoms in total. The van der Waals surface area contributed by atoms with E-state index in [0.717, 1.165) is 9.80 Å². The van der Waals surface area contributed by atoms with Gasteiger partial charge in [-0.1, -0.05) is 0 Å². The molecule has 0 aliphatic carbocycles. The standard InChI is InChI=1S/C32H36N2O11/c35-29-9-10-30(36)33(29)25-1-5-27(6-2-25)44-23-21-42-19-17-40-15-13-39-14-16-41-18-20-43-22-24-45-28-7-3-26(4-8-28)34-31(37)11-12-32(34)38/h1-12H,13-24H2. The van der Waals surface area contributed by atoms with Gasteiger partial charge in [-0.3, -0.25) is 19.2 Å². The van der Waals surface area contributed by atoms with Crippen molar-refractivity contribution in [2.24, 2.45) is 0 Å². The van der Waals surface area contributed by atoms with E-state index in [1.165, 1.54) is 24.3 Å². The molecule has 2 aliphatic heterocycles. The van der Waals surface area contributed by atoms with Crippen LogP contribution in [-0.2, 0) is 42.9 Å². The highest BCUT2D eigenvalue weighted by Gasteiger charge is 2.25. The van der Waals surface area contributed by atoms with Gasteiger partial charge in [0.05, 0.1) is 77.4 Å². The minimum atomic E-state index is -0.360. The Balaban J connectivity index is 0.874. The van der Waals surface area contributed by atoms with Gasteiger partial charge in [-0.05, 0) is 48.5 Å². The minimum absolute atomic E-state index is 0.353. The highest BCUT2D eigenvalue weighted by Crippen LogP contribution is 2.23. The number of hydrogen-bond acceptors (Lipinski definition) is 11.